The fourth-order valence-electron chi connectivity index (χ4n) is 3.70. The van der Waals surface area contributed by atoms with E-state index < -0.39 is 0 Å². The van der Waals surface area contributed by atoms with E-state index in [-0.39, 0.29) is 5.91 Å². The van der Waals surface area contributed by atoms with Crippen LogP contribution in [0.25, 0.3) is 0 Å². The molecule has 1 aromatic carbocycles. The average Bonchev–Trinajstić information content (AvgIpc) is 3.07. The zero-order chi connectivity index (χ0) is 21.0. The Labute approximate surface area is 171 Å². The van der Waals surface area contributed by atoms with Crippen LogP contribution in [0.3, 0.4) is 0 Å². The van der Waals surface area contributed by atoms with Crippen molar-refractivity contribution in [3.8, 4) is 17.2 Å². The van der Waals surface area contributed by atoms with Gasteiger partial charge in [-0.1, -0.05) is 0 Å². The first-order chi connectivity index (χ1) is 14.0. The van der Waals surface area contributed by atoms with Crippen LogP contribution in [0.15, 0.2) is 18.2 Å². The second-order valence-electron chi connectivity index (χ2n) is 7.20. The Kier molecular flexibility index (Phi) is 6.64. The molecule has 0 aliphatic carbocycles. The molecule has 1 aliphatic rings. The van der Waals surface area contributed by atoms with Gasteiger partial charge in [0.1, 0.15) is 0 Å². The smallest absolute Gasteiger partial charge is 0.254 e. The standard InChI is InChI=1S/C21H30N4O4/c1-15-12-16(2)25(22-15)11-8-23-6-9-24(10-7-23)21(26)17-13-18(27-3)20(29-5)19(14-17)28-4/h12-14H,6-11H2,1-5H3. The second kappa shape index (κ2) is 9.17. The third kappa shape index (κ3) is 4.64. The Bertz CT molecular complexity index is 831. The van der Waals surface area contributed by atoms with Crippen molar-refractivity contribution in [2.75, 3.05) is 54.1 Å². The minimum Gasteiger partial charge on any atom is -0.493 e. The Morgan fingerprint density at radius 1 is 0.931 bits per heavy atom. The molecule has 8 nitrogen and oxygen atoms in total. The lowest BCUT2D eigenvalue weighted by Crippen LogP contribution is -2.49. The summed E-state index contributed by atoms with van der Waals surface area (Å²) in [5, 5.41) is 4.52. The number of ether oxygens (including phenoxy) is 3. The number of methoxy groups -OCH3 is 3. The summed E-state index contributed by atoms with van der Waals surface area (Å²) in [5.41, 5.74) is 2.76. The highest BCUT2D eigenvalue weighted by atomic mass is 16.5. The van der Waals surface area contributed by atoms with Crippen molar-refractivity contribution in [1.82, 2.24) is 19.6 Å². The summed E-state index contributed by atoms with van der Waals surface area (Å²) < 4.78 is 18.1. The molecule has 3 rings (SSSR count). The number of carbonyl (C=O) groups excluding carboxylic acids is 1. The largest absolute Gasteiger partial charge is 0.493 e. The number of hydrogen-bond donors (Lipinski definition) is 0. The van der Waals surface area contributed by atoms with Crippen molar-refractivity contribution in [2.45, 2.75) is 20.4 Å². The van der Waals surface area contributed by atoms with Crippen molar-refractivity contribution in [3.63, 3.8) is 0 Å². The fraction of sp³-hybridized carbons (Fsp3) is 0.524. The summed E-state index contributed by atoms with van der Waals surface area (Å²) in [7, 11) is 4.65. The first-order valence-corrected chi connectivity index (χ1v) is 9.79. The molecule has 0 N–H and O–H groups in total. The number of carbonyl (C=O) groups is 1. The van der Waals surface area contributed by atoms with Crippen LogP contribution in [0.2, 0.25) is 0 Å². The van der Waals surface area contributed by atoms with Gasteiger partial charge in [0, 0.05) is 44.0 Å². The van der Waals surface area contributed by atoms with Gasteiger partial charge in [-0.15, -0.1) is 0 Å². The van der Waals surface area contributed by atoms with E-state index >= 15 is 0 Å². The van der Waals surface area contributed by atoms with Gasteiger partial charge in [0.2, 0.25) is 5.75 Å². The van der Waals surface area contributed by atoms with Crippen LogP contribution in [0.4, 0.5) is 0 Å². The number of aromatic nitrogens is 2. The predicted octanol–water partition coefficient (Wildman–Crippen LogP) is 1.98. The normalized spacial score (nSPS) is 14.7. The molecule has 0 atom stereocenters. The molecule has 1 amide bonds. The topological polar surface area (TPSA) is 69.1 Å². The highest BCUT2D eigenvalue weighted by molar-refractivity contribution is 5.95. The van der Waals surface area contributed by atoms with E-state index in [0.717, 1.165) is 31.9 Å². The van der Waals surface area contributed by atoms with Gasteiger partial charge in [0.15, 0.2) is 11.5 Å². The number of hydrogen-bond acceptors (Lipinski definition) is 6. The molecule has 0 radical (unpaired) electrons. The maximum Gasteiger partial charge on any atom is 0.254 e. The van der Waals surface area contributed by atoms with Gasteiger partial charge in [-0.05, 0) is 32.0 Å². The molecule has 29 heavy (non-hydrogen) atoms. The van der Waals surface area contributed by atoms with Crippen molar-refractivity contribution >= 4 is 5.91 Å². The Hall–Kier alpha value is -2.74. The molecule has 0 unspecified atom stereocenters. The van der Waals surface area contributed by atoms with E-state index in [2.05, 4.69) is 23.0 Å². The molecule has 0 spiro atoms. The summed E-state index contributed by atoms with van der Waals surface area (Å²) in [5.74, 6) is 1.43. The minimum absolute atomic E-state index is 0.0255. The van der Waals surface area contributed by atoms with E-state index in [1.54, 1.807) is 33.5 Å². The summed E-state index contributed by atoms with van der Waals surface area (Å²) in [6, 6.07) is 5.51. The Morgan fingerprint density at radius 2 is 1.55 bits per heavy atom. The maximum absolute atomic E-state index is 13.0. The van der Waals surface area contributed by atoms with Crippen molar-refractivity contribution < 1.29 is 19.0 Å². The number of benzene rings is 1. The highest BCUT2D eigenvalue weighted by Crippen LogP contribution is 2.38. The van der Waals surface area contributed by atoms with Crippen molar-refractivity contribution in [1.29, 1.82) is 0 Å². The number of piperazine rings is 1. The zero-order valence-electron chi connectivity index (χ0n) is 17.9. The van der Waals surface area contributed by atoms with Crippen LogP contribution in [0.1, 0.15) is 21.7 Å². The summed E-state index contributed by atoms with van der Waals surface area (Å²) >= 11 is 0. The lowest BCUT2D eigenvalue weighted by atomic mass is 10.1. The van der Waals surface area contributed by atoms with Gasteiger partial charge < -0.3 is 19.1 Å². The highest BCUT2D eigenvalue weighted by Gasteiger charge is 2.24. The summed E-state index contributed by atoms with van der Waals surface area (Å²) in [6.07, 6.45) is 0. The molecule has 158 valence electrons. The average molecular weight is 402 g/mol. The molecule has 1 aliphatic heterocycles. The third-order valence-electron chi connectivity index (χ3n) is 5.30. The lowest BCUT2D eigenvalue weighted by Gasteiger charge is -2.35. The van der Waals surface area contributed by atoms with E-state index in [1.165, 1.54) is 5.69 Å². The molecule has 8 heteroatoms. The molecule has 1 saturated heterocycles. The van der Waals surface area contributed by atoms with Gasteiger partial charge >= 0.3 is 0 Å². The number of nitrogens with zero attached hydrogens (tertiary/aromatic N) is 4. The molecular formula is C21H30N4O4. The van der Waals surface area contributed by atoms with Gasteiger partial charge in [-0.25, -0.2) is 0 Å². The number of rotatable bonds is 7. The van der Waals surface area contributed by atoms with Crippen molar-refractivity contribution in [2.24, 2.45) is 0 Å². The van der Waals surface area contributed by atoms with Crippen molar-refractivity contribution in [3.05, 3.63) is 35.2 Å². The Morgan fingerprint density at radius 3 is 2.03 bits per heavy atom. The molecule has 1 fully saturated rings. The minimum atomic E-state index is -0.0255. The van der Waals surface area contributed by atoms with E-state index in [1.807, 2.05) is 16.5 Å². The van der Waals surface area contributed by atoms with E-state index in [4.69, 9.17) is 14.2 Å². The van der Waals surface area contributed by atoms with E-state index in [9.17, 15) is 4.79 Å². The maximum atomic E-state index is 13.0. The first kappa shape index (κ1) is 21.0. The molecule has 0 bridgehead atoms. The lowest BCUT2D eigenvalue weighted by molar-refractivity contribution is 0.0631. The monoisotopic (exact) mass is 402 g/mol. The number of amides is 1. The molecule has 2 aromatic rings. The van der Waals surface area contributed by atoms with E-state index in [0.29, 0.717) is 35.9 Å². The molecule has 0 saturated carbocycles. The van der Waals surface area contributed by atoms with Crippen LogP contribution in [-0.4, -0.2) is 79.5 Å². The Balaban J connectivity index is 1.60. The van der Waals surface area contributed by atoms with Gasteiger partial charge in [-0.3, -0.25) is 14.4 Å². The second-order valence-corrected chi connectivity index (χ2v) is 7.20. The molecule has 1 aromatic heterocycles. The van der Waals surface area contributed by atoms with Crippen LogP contribution in [-0.2, 0) is 6.54 Å². The quantitative estimate of drug-likeness (QED) is 0.706. The third-order valence-corrected chi connectivity index (χ3v) is 5.30. The van der Waals surface area contributed by atoms with Crippen LogP contribution < -0.4 is 14.2 Å². The van der Waals surface area contributed by atoms with Crippen LogP contribution in [0, 0.1) is 13.8 Å². The number of aryl methyl sites for hydroxylation is 2. The van der Waals surface area contributed by atoms with Gasteiger partial charge in [0.05, 0.1) is 33.6 Å². The SMILES string of the molecule is COc1cc(C(=O)N2CCN(CCn3nc(C)cc3C)CC2)cc(OC)c1OC. The summed E-state index contributed by atoms with van der Waals surface area (Å²) in [6.45, 7) is 8.93. The van der Waals surface area contributed by atoms with Crippen LogP contribution in [0.5, 0.6) is 17.2 Å². The zero-order valence-corrected chi connectivity index (χ0v) is 17.9. The molecule has 2 heterocycles. The van der Waals surface area contributed by atoms with Gasteiger partial charge in [0.25, 0.3) is 5.91 Å². The fourth-order valence-corrected chi connectivity index (χ4v) is 3.70. The molecular weight excluding hydrogens is 372 g/mol. The van der Waals surface area contributed by atoms with Crippen LogP contribution >= 0.6 is 0 Å². The first-order valence-electron chi connectivity index (χ1n) is 9.79. The van der Waals surface area contributed by atoms with Gasteiger partial charge in [-0.2, -0.15) is 5.10 Å². The summed E-state index contributed by atoms with van der Waals surface area (Å²) in [4.78, 5) is 17.3. The predicted molar refractivity (Wildman–Crippen MR) is 110 cm³/mol.